The maximum absolute atomic E-state index is 12.1. The number of amides is 1. The summed E-state index contributed by atoms with van der Waals surface area (Å²) >= 11 is 0. The van der Waals surface area contributed by atoms with Gasteiger partial charge >= 0.3 is 0 Å². The van der Waals surface area contributed by atoms with E-state index in [2.05, 4.69) is 12.2 Å². The Kier molecular flexibility index (Phi) is 7.73. The summed E-state index contributed by atoms with van der Waals surface area (Å²) in [6.45, 7) is 6.09. The summed E-state index contributed by atoms with van der Waals surface area (Å²) in [6, 6.07) is 7.24. The molecule has 0 aliphatic carbocycles. The van der Waals surface area contributed by atoms with Gasteiger partial charge in [0.25, 0.3) is 0 Å². The van der Waals surface area contributed by atoms with Crippen molar-refractivity contribution in [2.75, 3.05) is 5.32 Å². The van der Waals surface area contributed by atoms with Gasteiger partial charge in [-0.15, -0.1) is 0 Å². The average molecular weight is 289 g/mol. The molecular formula is C18H27NO2. The topological polar surface area (TPSA) is 46.2 Å². The molecule has 0 radical (unpaired) electrons. The summed E-state index contributed by atoms with van der Waals surface area (Å²) in [5.74, 6) is 0.181. The van der Waals surface area contributed by atoms with Gasteiger partial charge in [-0.05, 0) is 25.0 Å². The van der Waals surface area contributed by atoms with Crippen molar-refractivity contribution in [3.05, 3.63) is 29.8 Å². The molecule has 116 valence electrons. The van der Waals surface area contributed by atoms with E-state index in [-0.39, 0.29) is 17.6 Å². The predicted octanol–water partition coefficient (Wildman–Crippen LogP) is 4.82. The molecule has 0 fully saturated rings. The smallest absolute Gasteiger partial charge is 0.224 e. The SMILES string of the molecule is CCCCCCC(=O)Nc1cccc(C(=O)C(C)CC)c1. The van der Waals surface area contributed by atoms with Crippen molar-refractivity contribution >= 4 is 17.4 Å². The minimum absolute atomic E-state index is 0.0185. The predicted molar refractivity (Wildman–Crippen MR) is 87.6 cm³/mol. The Balaban J connectivity index is 2.56. The van der Waals surface area contributed by atoms with Crippen molar-refractivity contribution in [3.63, 3.8) is 0 Å². The highest BCUT2D eigenvalue weighted by molar-refractivity contribution is 5.99. The molecule has 1 amide bonds. The summed E-state index contributed by atoms with van der Waals surface area (Å²) in [5, 5.41) is 2.88. The molecular weight excluding hydrogens is 262 g/mol. The number of rotatable bonds is 9. The van der Waals surface area contributed by atoms with Crippen molar-refractivity contribution in [3.8, 4) is 0 Å². The van der Waals surface area contributed by atoms with E-state index in [1.165, 1.54) is 12.8 Å². The molecule has 3 nitrogen and oxygen atoms in total. The van der Waals surface area contributed by atoms with Gasteiger partial charge in [0.05, 0.1) is 0 Å². The van der Waals surface area contributed by atoms with Crippen molar-refractivity contribution in [1.29, 1.82) is 0 Å². The van der Waals surface area contributed by atoms with Gasteiger partial charge in [-0.3, -0.25) is 9.59 Å². The molecule has 1 rings (SSSR count). The van der Waals surface area contributed by atoms with Crippen LogP contribution in [0.2, 0.25) is 0 Å². The van der Waals surface area contributed by atoms with Gasteiger partial charge in [0, 0.05) is 23.6 Å². The minimum Gasteiger partial charge on any atom is -0.326 e. The highest BCUT2D eigenvalue weighted by Gasteiger charge is 2.13. The van der Waals surface area contributed by atoms with Crippen LogP contribution in [0.3, 0.4) is 0 Å². The van der Waals surface area contributed by atoms with E-state index in [4.69, 9.17) is 0 Å². The van der Waals surface area contributed by atoms with Gasteiger partial charge in [-0.2, -0.15) is 0 Å². The average Bonchev–Trinajstić information content (AvgIpc) is 2.50. The number of ketones is 1. The fourth-order valence-electron chi connectivity index (χ4n) is 2.16. The summed E-state index contributed by atoms with van der Waals surface area (Å²) in [4.78, 5) is 24.0. The molecule has 0 spiro atoms. The minimum atomic E-state index is 0.0185. The van der Waals surface area contributed by atoms with Crippen LogP contribution in [-0.2, 0) is 4.79 Å². The lowest BCUT2D eigenvalue weighted by Crippen LogP contribution is -2.13. The lowest BCUT2D eigenvalue weighted by molar-refractivity contribution is -0.116. The zero-order chi connectivity index (χ0) is 15.7. The van der Waals surface area contributed by atoms with Gasteiger partial charge in [-0.25, -0.2) is 0 Å². The van der Waals surface area contributed by atoms with Crippen LogP contribution in [0.25, 0.3) is 0 Å². The zero-order valence-corrected chi connectivity index (χ0v) is 13.4. The number of unbranched alkanes of at least 4 members (excludes halogenated alkanes) is 3. The maximum Gasteiger partial charge on any atom is 0.224 e. The molecule has 3 heteroatoms. The highest BCUT2D eigenvalue weighted by atomic mass is 16.1. The first-order valence-corrected chi connectivity index (χ1v) is 8.02. The van der Waals surface area contributed by atoms with Crippen molar-refractivity contribution in [2.24, 2.45) is 5.92 Å². The Morgan fingerprint density at radius 3 is 2.57 bits per heavy atom. The van der Waals surface area contributed by atoms with E-state index < -0.39 is 0 Å². The van der Waals surface area contributed by atoms with E-state index in [1.807, 2.05) is 32.0 Å². The normalized spacial score (nSPS) is 12.0. The Hall–Kier alpha value is -1.64. The van der Waals surface area contributed by atoms with Crippen LogP contribution in [0.5, 0.6) is 0 Å². The van der Waals surface area contributed by atoms with Crippen LogP contribution in [0, 0.1) is 5.92 Å². The van der Waals surface area contributed by atoms with E-state index in [1.54, 1.807) is 6.07 Å². The first kappa shape index (κ1) is 17.4. The van der Waals surface area contributed by atoms with Crippen molar-refractivity contribution in [2.45, 2.75) is 59.3 Å². The first-order chi connectivity index (χ1) is 10.1. The van der Waals surface area contributed by atoms with E-state index in [0.29, 0.717) is 17.7 Å². The molecule has 1 aromatic carbocycles. The van der Waals surface area contributed by atoms with Crippen LogP contribution in [0.15, 0.2) is 24.3 Å². The van der Waals surface area contributed by atoms with Gasteiger partial charge in [0.2, 0.25) is 5.91 Å². The summed E-state index contributed by atoms with van der Waals surface area (Å²) in [7, 11) is 0. The fourth-order valence-corrected chi connectivity index (χ4v) is 2.16. The lowest BCUT2D eigenvalue weighted by atomic mass is 9.97. The molecule has 0 aliphatic rings. The van der Waals surface area contributed by atoms with Crippen LogP contribution in [-0.4, -0.2) is 11.7 Å². The second kappa shape index (κ2) is 9.32. The van der Waals surface area contributed by atoms with Crippen molar-refractivity contribution in [1.82, 2.24) is 0 Å². The molecule has 1 atom stereocenters. The number of carbonyl (C=O) groups excluding carboxylic acids is 2. The molecule has 21 heavy (non-hydrogen) atoms. The van der Waals surface area contributed by atoms with E-state index in [9.17, 15) is 9.59 Å². The van der Waals surface area contributed by atoms with Crippen LogP contribution in [0.4, 0.5) is 5.69 Å². The number of Topliss-reactive ketones (excluding diaryl/α,β-unsaturated/α-hetero) is 1. The largest absolute Gasteiger partial charge is 0.326 e. The standard InChI is InChI=1S/C18H27NO2/c1-4-6-7-8-12-17(20)19-16-11-9-10-15(13-16)18(21)14(3)5-2/h9-11,13-14H,4-8,12H2,1-3H3,(H,19,20). The monoisotopic (exact) mass is 289 g/mol. The molecule has 0 bridgehead atoms. The summed E-state index contributed by atoms with van der Waals surface area (Å²) in [6.07, 6.45) is 5.73. The Bertz CT molecular complexity index is 468. The Labute approximate surface area is 128 Å². The molecule has 0 saturated heterocycles. The van der Waals surface area contributed by atoms with Gasteiger partial charge in [-0.1, -0.05) is 52.2 Å². The van der Waals surface area contributed by atoms with E-state index in [0.717, 1.165) is 19.3 Å². The summed E-state index contributed by atoms with van der Waals surface area (Å²) in [5.41, 5.74) is 1.39. The molecule has 0 aliphatic heterocycles. The third kappa shape index (κ3) is 6.11. The van der Waals surface area contributed by atoms with Crippen LogP contribution >= 0.6 is 0 Å². The quantitative estimate of drug-likeness (QED) is 0.523. The number of hydrogen-bond donors (Lipinski definition) is 1. The Morgan fingerprint density at radius 1 is 1.14 bits per heavy atom. The molecule has 1 unspecified atom stereocenters. The van der Waals surface area contributed by atoms with E-state index >= 15 is 0 Å². The third-order valence-corrected chi connectivity index (χ3v) is 3.75. The number of anilines is 1. The van der Waals surface area contributed by atoms with Crippen LogP contribution in [0.1, 0.15) is 69.7 Å². The highest BCUT2D eigenvalue weighted by Crippen LogP contribution is 2.16. The second-order valence-corrected chi connectivity index (χ2v) is 5.61. The number of nitrogens with one attached hydrogen (secondary N) is 1. The molecule has 1 aromatic rings. The third-order valence-electron chi connectivity index (χ3n) is 3.75. The van der Waals surface area contributed by atoms with Crippen molar-refractivity contribution < 1.29 is 9.59 Å². The van der Waals surface area contributed by atoms with Crippen LogP contribution < -0.4 is 5.32 Å². The van der Waals surface area contributed by atoms with Gasteiger partial charge < -0.3 is 5.32 Å². The first-order valence-electron chi connectivity index (χ1n) is 8.02. The fraction of sp³-hybridized carbons (Fsp3) is 0.556. The molecule has 1 N–H and O–H groups in total. The summed E-state index contributed by atoms with van der Waals surface area (Å²) < 4.78 is 0. The molecule has 0 saturated carbocycles. The Morgan fingerprint density at radius 2 is 1.90 bits per heavy atom. The molecule has 0 aromatic heterocycles. The zero-order valence-electron chi connectivity index (χ0n) is 13.4. The van der Waals surface area contributed by atoms with Gasteiger partial charge in [0.1, 0.15) is 0 Å². The maximum atomic E-state index is 12.1. The lowest BCUT2D eigenvalue weighted by Gasteiger charge is -2.10. The molecule has 0 heterocycles. The number of carbonyl (C=O) groups is 2. The number of benzene rings is 1. The second-order valence-electron chi connectivity index (χ2n) is 5.61. The van der Waals surface area contributed by atoms with Gasteiger partial charge in [0.15, 0.2) is 5.78 Å². The number of hydrogen-bond acceptors (Lipinski definition) is 2.